The van der Waals surface area contributed by atoms with Crippen LogP contribution in [-0.2, 0) is 19.1 Å². The van der Waals surface area contributed by atoms with Crippen molar-refractivity contribution in [1.82, 2.24) is 15.3 Å². The molecular formula is C32H52FN5O4. The summed E-state index contributed by atoms with van der Waals surface area (Å²) in [5.41, 5.74) is 5.38. The molecule has 0 saturated heterocycles. The van der Waals surface area contributed by atoms with Crippen molar-refractivity contribution in [1.29, 1.82) is 0 Å². The average molecular weight is 590 g/mol. The maximum absolute atomic E-state index is 13.2. The number of nitrogens with zero attached hydrogens (tertiary/aromatic N) is 3. The highest BCUT2D eigenvalue weighted by molar-refractivity contribution is 5.81. The van der Waals surface area contributed by atoms with Crippen LogP contribution in [0.4, 0.5) is 15.9 Å². The summed E-state index contributed by atoms with van der Waals surface area (Å²) >= 11 is 0. The predicted octanol–water partition coefficient (Wildman–Crippen LogP) is 6.39. The Bertz CT molecular complexity index is 990. The number of unbranched alkanes of at least 4 members (excludes halogenated alkanes) is 10. The predicted molar refractivity (Wildman–Crippen MR) is 166 cm³/mol. The van der Waals surface area contributed by atoms with Crippen molar-refractivity contribution in [3.8, 4) is 12.3 Å². The summed E-state index contributed by atoms with van der Waals surface area (Å²) in [7, 11) is 1.48. The molecule has 1 heterocycles. The highest BCUT2D eigenvalue weighted by Crippen LogP contribution is 2.24. The number of terminal acetylenes is 1. The topological polar surface area (TPSA) is 129 Å². The summed E-state index contributed by atoms with van der Waals surface area (Å²) in [6, 6.07) is 0. The lowest BCUT2D eigenvalue weighted by Crippen LogP contribution is -2.38. The zero-order valence-electron chi connectivity index (χ0n) is 26.2. The fourth-order valence-electron chi connectivity index (χ4n) is 4.56. The molecule has 0 aliphatic rings. The van der Waals surface area contributed by atoms with Crippen molar-refractivity contribution in [3.63, 3.8) is 0 Å². The van der Waals surface area contributed by atoms with E-state index in [0.29, 0.717) is 30.6 Å². The second-order valence-electron chi connectivity index (χ2n) is 11.0. The lowest BCUT2D eigenvalue weighted by Gasteiger charge is -2.26. The Morgan fingerprint density at radius 1 is 1.10 bits per heavy atom. The molecule has 236 valence electrons. The highest BCUT2D eigenvalue weighted by atomic mass is 19.1. The van der Waals surface area contributed by atoms with E-state index in [9.17, 15) is 14.0 Å². The molecule has 0 bridgehead atoms. The van der Waals surface area contributed by atoms with Gasteiger partial charge in [0.25, 0.3) is 0 Å². The van der Waals surface area contributed by atoms with E-state index in [4.69, 9.17) is 21.6 Å². The minimum absolute atomic E-state index is 0.0127. The number of aliphatic imine (C=N–C) groups is 1. The Kier molecular flexibility index (Phi) is 19.0. The molecular weight excluding hydrogens is 537 g/mol. The van der Waals surface area contributed by atoms with Gasteiger partial charge in [-0.25, -0.2) is 4.98 Å². The molecule has 0 saturated carbocycles. The standard InChI is InChI=1S/C32H52FN5O4/c1-6-8-9-10-11-12-13-14-15-16-17-20-27(39)35-23-28(40)42-24-32(7-2,41-5)21-18-19-25(3)22-36-29-26(4)37-31(33)38-30(29)34/h2,22,25H,6,8-21,23-24H2,1,3-5H3,(H,35,39)(H2,34,37,38). The van der Waals surface area contributed by atoms with E-state index >= 15 is 0 Å². The van der Waals surface area contributed by atoms with Gasteiger partial charge in [0.1, 0.15) is 18.8 Å². The van der Waals surface area contributed by atoms with Gasteiger partial charge in [0.05, 0.1) is 5.69 Å². The summed E-state index contributed by atoms with van der Waals surface area (Å²) in [6.07, 6.45) is 22.2. The van der Waals surface area contributed by atoms with Crippen LogP contribution in [0.3, 0.4) is 0 Å². The molecule has 9 nitrogen and oxygen atoms in total. The number of hydrogen-bond donors (Lipinski definition) is 2. The number of ether oxygens (including phenoxy) is 2. The van der Waals surface area contributed by atoms with Crippen LogP contribution in [0, 0.1) is 31.3 Å². The number of aromatic nitrogens is 2. The van der Waals surface area contributed by atoms with Crippen molar-refractivity contribution in [3.05, 3.63) is 11.8 Å². The van der Waals surface area contributed by atoms with Gasteiger partial charge in [0, 0.05) is 19.7 Å². The van der Waals surface area contributed by atoms with Crippen molar-refractivity contribution in [2.75, 3.05) is 26.0 Å². The first-order chi connectivity index (χ1) is 20.2. The third kappa shape index (κ3) is 15.8. The SMILES string of the molecule is C#CC(CCCC(C)C=Nc1c(C)nc(F)nc1N)(COC(=O)CNC(=O)CCCCCCCCCCCCC)OC. The lowest BCUT2D eigenvalue weighted by molar-refractivity contribution is -0.150. The van der Waals surface area contributed by atoms with E-state index in [1.807, 2.05) is 6.92 Å². The number of rotatable bonds is 23. The van der Waals surface area contributed by atoms with Crippen molar-refractivity contribution < 1.29 is 23.5 Å². The lowest BCUT2D eigenvalue weighted by atomic mass is 9.95. The number of halogens is 1. The minimum Gasteiger partial charge on any atom is -0.460 e. The summed E-state index contributed by atoms with van der Waals surface area (Å²) in [5.74, 6) is 1.94. The Morgan fingerprint density at radius 3 is 2.29 bits per heavy atom. The molecule has 2 unspecified atom stereocenters. The number of carbonyl (C=O) groups excluding carboxylic acids is 2. The minimum atomic E-state index is -1.07. The first-order valence-corrected chi connectivity index (χ1v) is 15.4. The van der Waals surface area contributed by atoms with Gasteiger partial charge in [-0.05, 0) is 38.5 Å². The van der Waals surface area contributed by atoms with Crippen molar-refractivity contribution in [2.45, 2.75) is 123 Å². The maximum atomic E-state index is 13.2. The molecule has 10 heteroatoms. The van der Waals surface area contributed by atoms with Crippen LogP contribution in [0.2, 0.25) is 0 Å². The van der Waals surface area contributed by atoms with Gasteiger partial charge in [-0.1, -0.05) is 84.0 Å². The van der Waals surface area contributed by atoms with Crippen LogP contribution in [0.5, 0.6) is 0 Å². The van der Waals surface area contributed by atoms with Gasteiger partial charge < -0.3 is 20.5 Å². The van der Waals surface area contributed by atoms with E-state index in [-0.39, 0.29) is 30.8 Å². The highest BCUT2D eigenvalue weighted by Gasteiger charge is 2.29. The zero-order valence-corrected chi connectivity index (χ0v) is 26.2. The third-order valence-electron chi connectivity index (χ3n) is 7.31. The molecule has 1 aromatic heterocycles. The summed E-state index contributed by atoms with van der Waals surface area (Å²) in [6.45, 7) is 5.51. The van der Waals surface area contributed by atoms with Crippen LogP contribution in [0.1, 0.15) is 116 Å². The van der Waals surface area contributed by atoms with E-state index in [1.54, 1.807) is 13.1 Å². The van der Waals surface area contributed by atoms with E-state index < -0.39 is 17.6 Å². The first-order valence-electron chi connectivity index (χ1n) is 15.4. The largest absolute Gasteiger partial charge is 0.460 e. The van der Waals surface area contributed by atoms with Crippen molar-refractivity contribution in [2.24, 2.45) is 10.9 Å². The van der Waals surface area contributed by atoms with Crippen LogP contribution < -0.4 is 11.1 Å². The van der Waals surface area contributed by atoms with Gasteiger partial charge in [0.15, 0.2) is 11.4 Å². The number of nitrogen functional groups attached to an aromatic ring is 1. The van der Waals surface area contributed by atoms with Gasteiger partial charge in [-0.15, -0.1) is 6.42 Å². The fourth-order valence-corrected chi connectivity index (χ4v) is 4.56. The third-order valence-corrected chi connectivity index (χ3v) is 7.31. The van der Waals surface area contributed by atoms with Crippen molar-refractivity contribution >= 4 is 29.6 Å². The molecule has 2 atom stereocenters. The molecule has 0 aliphatic heterocycles. The van der Waals surface area contributed by atoms with Gasteiger partial charge in [-0.3, -0.25) is 14.6 Å². The summed E-state index contributed by atoms with van der Waals surface area (Å²) in [5, 5.41) is 2.63. The second-order valence-corrected chi connectivity index (χ2v) is 11.0. The van der Waals surface area contributed by atoms with Gasteiger partial charge in [0.2, 0.25) is 5.91 Å². The molecule has 0 fully saturated rings. The smallest absolute Gasteiger partial charge is 0.325 e. The fraction of sp³-hybridized carbons (Fsp3) is 0.719. The Balaban J connectivity index is 2.27. The summed E-state index contributed by atoms with van der Waals surface area (Å²) < 4.78 is 24.1. The molecule has 0 aromatic carbocycles. The molecule has 1 aromatic rings. The average Bonchev–Trinajstić information content (AvgIpc) is 2.96. The van der Waals surface area contributed by atoms with Gasteiger partial charge in [-0.2, -0.15) is 9.37 Å². The van der Waals surface area contributed by atoms with Crippen LogP contribution in [0.15, 0.2) is 4.99 Å². The molecule has 1 amide bonds. The number of methoxy groups -OCH3 is 1. The Hall–Kier alpha value is -3.06. The quantitative estimate of drug-likeness (QED) is 0.0497. The molecule has 3 N–H and O–H groups in total. The zero-order chi connectivity index (χ0) is 31.2. The molecule has 0 radical (unpaired) electrons. The molecule has 0 spiro atoms. The van der Waals surface area contributed by atoms with Gasteiger partial charge >= 0.3 is 12.0 Å². The Morgan fingerprint density at radius 2 is 1.71 bits per heavy atom. The van der Waals surface area contributed by atoms with E-state index in [2.05, 4.69) is 33.1 Å². The maximum Gasteiger partial charge on any atom is 0.325 e. The molecule has 1 rings (SSSR count). The first kappa shape index (κ1) is 37.0. The number of hydrogen-bond acceptors (Lipinski definition) is 8. The number of nitrogens with one attached hydrogen (secondary N) is 1. The Labute approximate surface area is 252 Å². The van der Waals surface area contributed by atoms with E-state index in [1.165, 1.54) is 58.5 Å². The number of esters is 1. The van der Waals surface area contributed by atoms with Crippen LogP contribution in [0.25, 0.3) is 0 Å². The number of aryl methyl sites for hydroxylation is 1. The number of nitrogens with two attached hydrogens (primary N) is 1. The number of amides is 1. The number of anilines is 1. The molecule has 42 heavy (non-hydrogen) atoms. The number of carbonyl (C=O) groups is 2. The van der Waals surface area contributed by atoms with Crippen LogP contribution in [-0.4, -0.2) is 53.9 Å². The monoisotopic (exact) mass is 589 g/mol. The van der Waals surface area contributed by atoms with Crippen LogP contribution >= 0.6 is 0 Å². The van der Waals surface area contributed by atoms with E-state index in [0.717, 1.165) is 25.7 Å². The molecule has 0 aliphatic carbocycles. The summed E-state index contributed by atoms with van der Waals surface area (Å²) in [4.78, 5) is 35.8. The normalized spacial score (nSPS) is 13.4. The second kappa shape index (κ2) is 21.6.